The van der Waals surface area contributed by atoms with Crippen LogP contribution in [0.15, 0.2) is 60.7 Å². The summed E-state index contributed by atoms with van der Waals surface area (Å²) in [7, 11) is -1.07. The van der Waals surface area contributed by atoms with E-state index in [0.29, 0.717) is 13.2 Å². The van der Waals surface area contributed by atoms with Gasteiger partial charge in [-0.2, -0.15) is 0 Å². The van der Waals surface area contributed by atoms with E-state index in [1.54, 1.807) is 0 Å². The van der Waals surface area contributed by atoms with E-state index >= 15 is 0 Å². The Hall–Kier alpha value is -2.37. The number of rotatable bonds is 15. The summed E-state index contributed by atoms with van der Waals surface area (Å²) >= 11 is 0. The van der Waals surface area contributed by atoms with Crippen LogP contribution in [0, 0.1) is 0 Å². The molecule has 2 aromatic rings. The van der Waals surface area contributed by atoms with Crippen LogP contribution in [0.5, 0.6) is 5.75 Å². The van der Waals surface area contributed by atoms with E-state index in [0.717, 1.165) is 36.5 Å². The molecule has 0 aromatic heterocycles. The Morgan fingerprint density at radius 3 is 2.11 bits per heavy atom. The number of aliphatic hydroxyl groups excluding tert-OH is 1. The second-order valence-corrected chi connectivity index (χ2v) is 16.9. The summed E-state index contributed by atoms with van der Waals surface area (Å²) in [6.45, 7) is 11.6. The lowest BCUT2D eigenvalue weighted by Crippen LogP contribution is -2.34. The fraction of sp³-hybridized carbons (Fsp3) is 0.545. The molecular formula is C33H48O4Si. The largest absolute Gasteiger partial charge is 0.494 e. The van der Waals surface area contributed by atoms with Crippen molar-refractivity contribution in [3.05, 3.63) is 66.2 Å². The van der Waals surface area contributed by atoms with Crippen LogP contribution >= 0.6 is 0 Å². The molecule has 0 atom stereocenters. The molecule has 5 heteroatoms. The van der Waals surface area contributed by atoms with Gasteiger partial charge in [0.25, 0.3) is 0 Å². The third kappa shape index (κ3) is 9.13. The van der Waals surface area contributed by atoms with Crippen LogP contribution in [0.1, 0.15) is 76.2 Å². The molecule has 1 aliphatic rings. The summed E-state index contributed by atoms with van der Waals surface area (Å²) in [6, 6.07) is 19.1. The molecule has 0 heterocycles. The molecule has 1 aliphatic carbocycles. The number of hydrogen-bond donors (Lipinski definition) is 1. The first-order valence-electron chi connectivity index (χ1n) is 14.6. The minimum atomic E-state index is -1.07. The molecule has 0 aliphatic heterocycles. The molecule has 1 fully saturated rings. The van der Waals surface area contributed by atoms with E-state index in [-0.39, 0.29) is 12.2 Å². The van der Waals surface area contributed by atoms with E-state index in [2.05, 4.69) is 63.0 Å². The zero-order valence-electron chi connectivity index (χ0n) is 23.8. The third-order valence-electron chi connectivity index (χ3n) is 8.35. The van der Waals surface area contributed by atoms with Crippen molar-refractivity contribution in [2.45, 2.75) is 95.3 Å². The molecule has 0 bridgehead atoms. The Morgan fingerprint density at radius 2 is 1.50 bits per heavy atom. The van der Waals surface area contributed by atoms with Gasteiger partial charge in [0.05, 0.1) is 33.5 Å². The Morgan fingerprint density at radius 1 is 0.895 bits per heavy atom. The number of carbonyl (C=O) groups excluding carboxylic acids is 1. The van der Waals surface area contributed by atoms with Gasteiger partial charge in [-0.1, -0.05) is 94.7 Å². The standard InChI is InChI=1S/C33H48O4Si/c1-5-6-24-38(3,4)32-20-16-30(17-21-32)28-12-10-27(11-13-28)29-14-18-31(19-15-29)36-22-8-7-9-23-37-33(35)26(2)25-34/h10-15,18-19,30,32,34H,2,5-9,16-17,20-25H2,1,3-4H3. The molecule has 3 rings (SSSR count). The molecule has 0 unspecified atom stereocenters. The SMILES string of the molecule is C=C(CO)C(=O)OCCCCCOc1ccc(-c2ccc(C3CCC([Si](C)(C)CCCC)CC3)cc2)cc1. The quantitative estimate of drug-likeness (QED) is 0.107. The molecule has 2 aromatic carbocycles. The number of esters is 1. The molecule has 208 valence electrons. The highest BCUT2D eigenvalue weighted by Gasteiger charge is 2.34. The van der Waals surface area contributed by atoms with Gasteiger partial charge in [-0.25, -0.2) is 4.79 Å². The monoisotopic (exact) mass is 536 g/mol. The van der Waals surface area contributed by atoms with Crippen molar-refractivity contribution in [2.24, 2.45) is 0 Å². The van der Waals surface area contributed by atoms with Gasteiger partial charge in [0, 0.05) is 0 Å². The maximum atomic E-state index is 11.4. The number of carbonyl (C=O) groups is 1. The molecule has 0 radical (unpaired) electrons. The van der Waals surface area contributed by atoms with Crippen LogP contribution in [0.2, 0.25) is 24.7 Å². The van der Waals surface area contributed by atoms with Gasteiger partial charge >= 0.3 is 5.97 Å². The van der Waals surface area contributed by atoms with Crippen molar-refractivity contribution < 1.29 is 19.4 Å². The zero-order chi connectivity index (χ0) is 27.4. The molecule has 0 amide bonds. The predicted molar refractivity (Wildman–Crippen MR) is 161 cm³/mol. The summed E-state index contributed by atoms with van der Waals surface area (Å²) in [6.07, 6.45) is 10.9. The topological polar surface area (TPSA) is 55.8 Å². The van der Waals surface area contributed by atoms with Crippen molar-refractivity contribution in [3.8, 4) is 16.9 Å². The summed E-state index contributed by atoms with van der Waals surface area (Å²) in [5.41, 5.74) is 5.07. The number of unbranched alkanes of at least 4 members (excludes halogenated alkanes) is 3. The van der Waals surface area contributed by atoms with Gasteiger partial charge in [0.2, 0.25) is 0 Å². The number of aliphatic hydroxyl groups is 1. The summed E-state index contributed by atoms with van der Waals surface area (Å²) in [5.74, 6) is 1.07. The Labute approximate surface area is 231 Å². The molecule has 1 N–H and O–H groups in total. The molecule has 38 heavy (non-hydrogen) atoms. The lowest BCUT2D eigenvalue weighted by molar-refractivity contribution is -0.139. The summed E-state index contributed by atoms with van der Waals surface area (Å²) < 4.78 is 10.9. The van der Waals surface area contributed by atoms with Gasteiger partial charge in [-0.05, 0) is 72.4 Å². The maximum Gasteiger partial charge on any atom is 0.335 e. The molecule has 4 nitrogen and oxygen atoms in total. The van der Waals surface area contributed by atoms with E-state index < -0.39 is 14.0 Å². The van der Waals surface area contributed by atoms with Crippen LogP contribution in [-0.2, 0) is 9.53 Å². The highest BCUT2D eigenvalue weighted by Crippen LogP contribution is 2.45. The molecule has 0 spiro atoms. The molecule has 1 saturated carbocycles. The van der Waals surface area contributed by atoms with Crippen LogP contribution in [0.3, 0.4) is 0 Å². The minimum Gasteiger partial charge on any atom is -0.494 e. The summed E-state index contributed by atoms with van der Waals surface area (Å²) in [4.78, 5) is 11.4. The van der Waals surface area contributed by atoms with Gasteiger partial charge in [-0.3, -0.25) is 0 Å². The van der Waals surface area contributed by atoms with E-state index in [4.69, 9.17) is 14.6 Å². The van der Waals surface area contributed by atoms with Crippen molar-refractivity contribution in [3.63, 3.8) is 0 Å². The first kappa shape index (κ1) is 30.2. The smallest absolute Gasteiger partial charge is 0.335 e. The van der Waals surface area contributed by atoms with Crippen molar-refractivity contribution in [1.82, 2.24) is 0 Å². The van der Waals surface area contributed by atoms with Gasteiger partial charge < -0.3 is 14.6 Å². The van der Waals surface area contributed by atoms with Crippen LogP contribution in [0.4, 0.5) is 0 Å². The van der Waals surface area contributed by atoms with Crippen molar-refractivity contribution >= 4 is 14.0 Å². The highest BCUT2D eigenvalue weighted by molar-refractivity contribution is 6.78. The number of benzene rings is 2. The molecular weight excluding hydrogens is 488 g/mol. The van der Waals surface area contributed by atoms with E-state index in [9.17, 15) is 4.79 Å². The van der Waals surface area contributed by atoms with Crippen LogP contribution < -0.4 is 4.74 Å². The normalized spacial score (nSPS) is 17.7. The second kappa shape index (κ2) is 15.3. The summed E-state index contributed by atoms with van der Waals surface area (Å²) in [5, 5.41) is 8.86. The lowest BCUT2D eigenvalue weighted by Gasteiger charge is -2.38. The Kier molecular flexibility index (Phi) is 12.1. The third-order valence-corrected chi connectivity index (χ3v) is 12.8. The van der Waals surface area contributed by atoms with Crippen molar-refractivity contribution in [1.29, 1.82) is 0 Å². The Balaban J connectivity index is 1.38. The van der Waals surface area contributed by atoms with E-state index in [1.165, 1.54) is 61.3 Å². The average Bonchev–Trinajstić information content (AvgIpc) is 2.95. The van der Waals surface area contributed by atoms with E-state index in [1.807, 2.05) is 12.1 Å². The van der Waals surface area contributed by atoms with Crippen LogP contribution in [0.25, 0.3) is 11.1 Å². The molecule has 0 saturated heterocycles. The maximum absolute atomic E-state index is 11.4. The first-order chi connectivity index (χ1) is 18.3. The minimum absolute atomic E-state index is 0.0913. The average molecular weight is 537 g/mol. The van der Waals surface area contributed by atoms with Crippen LogP contribution in [-0.4, -0.2) is 39.0 Å². The zero-order valence-corrected chi connectivity index (χ0v) is 24.8. The first-order valence-corrected chi connectivity index (χ1v) is 17.9. The number of ether oxygens (including phenoxy) is 2. The van der Waals surface area contributed by atoms with Gasteiger partial charge in [-0.15, -0.1) is 0 Å². The Bertz CT molecular complexity index is 989. The number of hydrogen-bond acceptors (Lipinski definition) is 4. The fourth-order valence-electron chi connectivity index (χ4n) is 5.64. The fourth-order valence-corrected chi connectivity index (χ4v) is 9.21. The highest BCUT2D eigenvalue weighted by atomic mass is 28.3. The van der Waals surface area contributed by atoms with Gasteiger partial charge in [0.15, 0.2) is 0 Å². The second-order valence-electron chi connectivity index (χ2n) is 11.6. The van der Waals surface area contributed by atoms with Crippen molar-refractivity contribution in [2.75, 3.05) is 19.8 Å². The lowest BCUT2D eigenvalue weighted by atomic mass is 9.83. The predicted octanol–water partition coefficient (Wildman–Crippen LogP) is 8.53. The van der Waals surface area contributed by atoms with Gasteiger partial charge in [0.1, 0.15) is 5.75 Å².